The summed E-state index contributed by atoms with van der Waals surface area (Å²) < 4.78 is 54.6. The minimum Gasteiger partial charge on any atom is -0.210 e. The highest BCUT2D eigenvalue weighted by Gasteiger charge is 2.34. The molecule has 0 aliphatic heterocycles. The summed E-state index contributed by atoms with van der Waals surface area (Å²) in [6.45, 7) is 0.251. The number of halogens is 2. The van der Waals surface area contributed by atoms with Gasteiger partial charge in [-0.2, -0.15) is 0 Å². The first-order valence-electron chi connectivity index (χ1n) is 8.89. The third-order valence-electron chi connectivity index (χ3n) is 5.16. The van der Waals surface area contributed by atoms with Gasteiger partial charge in [-0.15, -0.1) is 0 Å². The number of rotatable bonds is 6. The molecule has 0 saturated heterocycles. The van der Waals surface area contributed by atoms with Crippen LogP contribution in [-0.4, -0.2) is 15.0 Å². The zero-order valence-corrected chi connectivity index (χ0v) is 15.4. The Morgan fingerprint density at radius 1 is 0.962 bits per heavy atom. The van der Waals surface area contributed by atoms with Gasteiger partial charge in [-0.05, 0) is 42.4 Å². The molecule has 1 aliphatic carbocycles. The summed E-state index contributed by atoms with van der Waals surface area (Å²) in [7, 11) is -4.03. The molecule has 0 bridgehead atoms. The average molecular weight is 379 g/mol. The van der Waals surface area contributed by atoms with Crippen LogP contribution in [0, 0.1) is 17.0 Å². The second-order valence-corrected chi connectivity index (χ2v) is 8.86. The van der Waals surface area contributed by atoms with Crippen molar-refractivity contribution in [1.82, 2.24) is 4.72 Å². The SMILES string of the molecule is O=S(=O)(NCC1(Cc2ccccc2)CCCCC1)c1ccc(F)cc1F. The molecule has 3 rings (SSSR count). The third-order valence-corrected chi connectivity index (χ3v) is 6.59. The minimum absolute atomic E-state index is 0.177. The molecule has 6 heteroatoms. The molecule has 2 aromatic rings. The van der Waals surface area contributed by atoms with Crippen molar-refractivity contribution in [1.29, 1.82) is 0 Å². The molecule has 140 valence electrons. The highest BCUT2D eigenvalue weighted by atomic mass is 32.2. The summed E-state index contributed by atoms with van der Waals surface area (Å²) in [4.78, 5) is -0.510. The van der Waals surface area contributed by atoms with Crippen LogP contribution in [0.1, 0.15) is 37.7 Å². The summed E-state index contributed by atoms with van der Waals surface area (Å²) in [5, 5.41) is 0. The largest absolute Gasteiger partial charge is 0.243 e. The fourth-order valence-corrected chi connectivity index (χ4v) is 4.98. The van der Waals surface area contributed by atoms with E-state index >= 15 is 0 Å². The van der Waals surface area contributed by atoms with Gasteiger partial charge in [-0.3, -0.25) is 0 Å². The standard InChI is InChI=1S/C20H23F2NO2S/c21-17-9-10-19(18(22)13-17)26(24,25)23-15-20(11-5-2-6-12-20)14-16-7-3-1-4-8-16/h1,3-4,7-10,13,23H,2,5-6,11-12,14-15H2. The molecule has 1 aliphatic rings. The molecule has 1 fully saturated rings. The van der Waals surface area contributed by atoms with Gasteiger partial charge in [-0.1, -0.05) is 49.6 Å². The Balaban J connectivity index is 1.79. The lowest BCUT2D eigenvalue weighted by molar-refractivity contribution is 0.190. The van der Waals surface area contributed by atoms with Gasteiger partial charge < -0.3 is 0 Å². The Hall–Kier alpha value is -1.79. The summed E-state index contributed by atoms with van der Waals surface area (Å²) in [5.74, 6) is -1.87. The van der Waals surface area contributed by atoms with Gasteiger partial charge >= 0.3 is 0 Å². The maximum atomic E-state index is 13.9. The molecule has 2 aromatic carbocycles. The highest BCUT2D eigenvalue weighted by Crippen LogP contribution is 2.39. The van der Waals surface area contributed by atoms with Gasteiger partial charge in [0.1, 0.15) is 16.5 Å². The van der Waals surface area contributed by atoms with Gasteiger partial charge in [-0.25, -0.2) is 21.9 Å². The van der Waals surface area contributed by atoms with Gasteiger partial charge in [0, 0.05) is 12.6 Å². The van der Waals surface area contributed by atoms with Gasteiger partial charge in [0.15, 0.2) is 0 Å². The Morgan fingerprint density at radius 2 is 1.65 bits per heavy atom. The lowest BCUT2D eigenvalue weighted by Crippen LogP contribution is -2.40. The molecular formula is C20H23F2NO2S. The highest BCUT2D eigenvalue weighted by molar-refractivity contribution is 7.89. The molecule has 3 nitrogen and oxygen atoms in total. The molecule has 0 amide bonds. The number of benzene rings is 2. The molecule has 0 unspecified atom stereocenters. The van der Waals surface area contributed by atoms with E-state index in [1.165, 1.54) is 5.56 Å². The van der Waals surface area contributed by atoms with Crippen molar-refractivity contribution >= 4 is 10.0 Å². The number of nitrogens with one attached hydrogen (secondary N) is 1. The normalized spacial score (nSPS) is 17.2. The minimum atomic E-state index is -4.03. The molecule has 0 aromatic heterocycles. The smallest absolute Gasteiger partial charge is 0.210 e. The predicted molar refractivity (Wildman–Crippen MR) is 97.2 cm³/mol. The summed E-state index contributed by atoms with van der Waals surface area (Å²) in [6.07, 6.45) is 5.89. The van der Waals surface area contributed by atoms with Crippen LogP contribution in [0.2, 0.25) is 0 Å². The van der Waals surface area contributed by atoms with Crippen LogP contribution in [0.4, 0.5) is 8.78 Å². The van der Waals surface area contributed by atoms with E-state index in [2.05, 4.69) is 4.72 Å². The van der Waals surface area contributed by atoms with Crippen LogP contribution >= 0.6 is 0 Å². The second kappa shape index (κ2) is 7.84. The first kappa shape index (κ1) is 19.0. The third kappa shape index (κ3) is 4.48. The maximum Gasteiger partial charge on any atom is 0.243 e. The van der Waals surface area contributed by atoms with Crippen LogP contribution in [0.25, 0.3) is 0 Å². The van der Waals surface area contributed by atoms with E-state index in [1.807, 2.05) is 30.3 Å². The number of hydrogen-bond donors (Lipinski definition) is 1. The van der Waals surface area contributed by atoms with Crippen molar-refractivity contribution in [2.24, 2.45) is 5.41 Å². The van der Waals surface area contributed by atoms with E-state index in [4.69, 9.17) is 0 Å². The van der Waals surface area contributed by atoms with Crippen LogP contribution in [0.15, 0.2) is 53.4 Å². The van der Waals surface area contributed by atoms with Gasteiger partial charge in [0.2, 0.25) is 10.0 Å². The lowest BCUT2D eigenvalue weighted by Gasteiger charge is -2.37. The summed E-state index contributed by atoms with van der Waals surface area (Å²) in [6, 6.07) is 12.5. The van der Waals surface area contributed by atoms with Crippen LogP contribution in [0.3, 0.4) is 0 Å². The summed E-state index contributed by atoms with van der Waals surface area (Å²) in [5.41, 5.74) is 0.991. The van der Waals surface area contributed by atoms with Crippen molar-refractivity contribution in [3.05, 3.63) is 65.7 Å². The zero-order valence-electron chi connectivity index (χ0n) is 14.5. The van der Waals surface area contributed by atoms with Crippen LogP contribution in [-0.2, 0) is 16.4 Å². The number of hydrogen-bond acceptors (Lipinski definition) is 2. The summed E-state index contributed by atoms with van der Waals surface area (Å²) >= 11 is 0. The Kier molecular flexibility index (Phi) is 5.73. The fourth-order valence-electron chi connectivity index (χ4n) is 3.77. The quantitative estimate of drug-likeness (QED) is 0.807. The molecule has 1 saturated carbocycles. The van der Waals surface area contributed by atoms with Gasteiger partial charge in [0.05, 0.1) is 0 Å². The van der Waals surface area contributed by atoms with Crippen LogP contribution < -0.4 is 4.72 Å². The maximum absolute atomic E-state index is 13.9. The monoisotopic (exact) mass is 379 g/mol. The molecule has 0 spiro atoms. The van der Waals surface area contributed by atoms with Crippen molar-refractivity contribution in [2.75, 3.05) is 6.54 Å². The Bertz CT molecular complexity index is 847. The zero-order chi connectivity index (χ0) is 18.6. The molecule has 26 heavy (non-hydrogen) atoms. The molecule has 0 radical (unpaired) electrons. The Morgan fingerprint density at radius 3 is 2.31 bits per heavy atom. The van der Waals surface area contributed by atoms with Gasteiger partial charge in [0.25, 0.3) is 0 Å². The molecule has 0 heterocycles. The first-order chi connectivity index (χ1) is 12.4. The van der Waals surface area contributed by atoms with Crippen LogP contribution in [0.5, 0.6) is 0 Å². The van der Waals surface area contributed by atoms with E-state index in [-0.39, 0.29) is 12.0 Å². The van der Waals surface area contributed by atoms with E-state index in [9.17, 15) is 17.2 Å². The number of sulfonamides is 1. The first-order valence-corrected chi connectivity index (χ1v) is 10.4. The lowest BCUT2D eigenvalue weighted by atomic mass is 9.70. The fraction of sp³-hybridized carbons (Fsp3) is 0.400. The second-order valence-electron chi connectivity index (χ2n) is 7.12. The van der Waals surface area contributed by atoms with Crippen molar-refractivity contribution < 1.29 is 17.2 Å². The Labute approximate surface area is 153 Å². The van der Waals surface area contributed by atoms with Crippen molar-refractivity contribution in [3.63, 3.8) is 0 Å². The predicted octanol–water partition coefficient (Wildman–Crippen LogP) is 4.44. The van der Waals surface area contributed by atoms with E-state index < -0.39 is 26.6 Å². The van der Waals surface area contributed by atoms with E-state index in [0.717, 1.165) is 50.7 Å². The molecular weight excluding hydrogens is 356 g/mol. The average Bonchev–Trinajstić information content (AvgIpc) is 2.62. The molecule has 1 N–H and O–H groups in total. The van der Waals surface area contributed by atoms with Crippen molar-refractivity contribution in [2.45, 2.75) is 43.4 Å². The van der Waals surface area contributed by atoms with E-state index in [0.29, 0.717) is 6.07 Å². The van der Waals surface area contributed by atoms with Crippen molar-refractivity contribution in [3.8, 4) is 0 Å². The molecule has 0 atom stereocenters. The topological polar surface area (TPSA) is 46.2 Å². The van der Waals surface area contributed by atoms with E-state index in [1.54, 1.807) is 0 Å².